The molecule has 0 aliphatic carbocycles. The highest BCUT2D eigenvalue weighted by molar-refractivity contribution is 7.11. The molecule has 0 fully saturated rings. The molecule has 2 aromatic carbocycles. The number of fused-ring (bicyclic) bond motifs is 1. The van der Waals surface area contributed by atoms with Crippen LogP contribution >= 0.6 is 11.3 Å². The number of benzene rings is 2. The third-order valence-corrected chi connectivity index (χ3v) is 4.08. The molecule has 3 aromatic rings. The van der Waals surface area contributed by atoms with Crippen LogP contribution in [0.5, 0.6) is 5.75 Å². The van der Waals surface area contributed by atoms with Crippen LogP contribution in [0, 0.1) is 6.92 Å². The van der Waals surface area contributed by atoms with Crippen LogP contribution < -0.4 is 4.74 Å². The van der Waals surface area contributed by atoms with Gasteiger partial charge in [-0.2, -0.15) is 0 Å². The second-order valence-electron chi connectivity index (χ2n) is 4.56. The van der Waals surface area contributed by atoms with E-state index in [2.05, 4.69) is 4.98 Å². The smallest absolute Gasteiger partial charge is 0.126 e. The van der Waals surface area contributed by atoms with Crippen LogP contribution in [0.25, 0.3) is 10.8 Å². The fraction of sp³-hybridized carbons (Fsp3) is 0.188. The monoisotopic (exact) mass is 285 g/mol. The Morgan fingerprint density at radius 2 is 2.05 bits per heavy atom. The summed E-state index contributed by atoms with van der Waals surface area (Å²) in [4.78, 5) is 5.29. The number of hydrogen-bond acceptors (Lipinski definition) is 4. The Balaban J connectivity index is 1.91. The molecule has 0 amide bonds. The fourth-order valence-electron chi connectivity index (χ4n) is 2.24. The number of aliphatic hydroxyl groups is 1. The largest absolute Gasteiger partial charge is 0.488 e. The molecule has 0 unspecified atom stereocenters. The molecule has 0 saturated heterocycles. The number of ether oxygens (including phenoxy) is 1. The summed E-state index contributed by atoms with van der Waals surface area (Å²) in [6.45, 7) is 2.43. The third kappa shape index (κ3) is 2.53. The zero-order valence-corrected chi connectivity index (χ0v) is 12.0. The van der Waals surface area contributed by atoms with Crippen molar-refractivity contribution in [1.29, 1.82) is 0 Å². The van der Waals surface area contributed by atoms with E-state index in [1.807, 2.05) is 49.5 Å². The van der Waals surface area contributed by atoms with Crippen molar-refractivity contribution in [3.8, 4) is 5.75 Å². The third-order valence-electron chi connectivity index (χ3n) is 3.19. The average molecular weight is 285 g/mol. The second kappa shape index (κ2) is 5.61. The molecule has 1 heterocycles. The first kappa shape index (κ1) is 13.1. The van der Waals surface area contributed by atoms with Gasteiger partial charge >= 0.3 is 0 Å². The number of aryl methyl sites for hydroxylation is 1. The van der Waals surface area contributed by atoms with Crippen molar-refractivity contribution in [2.75, 3.05) is 0 Å². The van der Waals surface area contributed by atoms with Crippen LogP contribution in [-0.2, 0) is 13.2 Å². The van der Waals surface area contributed by atoms with Crippen molar-refractivity contribution in [3.63, 3.8) is 0 Å². The second-order valence-corrected chi connectivity index (χ2v) is 5.88. The van der Waals surface area contributed by atoms with Gasteiger partial charge in [0, 0.05) is 11.8 Å². The minimum atomic E-state index is -0.0294. The van der Waals surface area contributed by atoms with Crippen LogP contribution in [0.2, 0.25) is 0 Å². The summed E-state index contributed by atoms with van der Waals surface area (Å²) in [7, 11) is 0. The molecule has 102 valence electrons. The van der Waals surface area contributed by atoms with Gasteiger partial charge in [-0.15, -0.1) is 11.3 Å². The van der Waals surface area contributed by atoms with Crippen molar-refractivity contribution in [3.05, 3.63) is 58.0 Å². The van der Waals surface area contributed by atoms with Crippen molar-refractivity contribution in [2.45, 2.75) is 20.1 Å². The van der Waals surface area contributed by atoms with Gasteiger partial charge in [0.1, 0.15) is 12.4 Å². The first-order valence-corrected chi connectivity index (χ1v) is 7.25. The number of rotatable bonds is 4. The first-order valence-electron chi connectivity index (χ1n) is 6.43. The van der Waals surface area contributed by atoms with Crippen LogP contribution in [0.15, 0.2) is 42.6 Å². The van der Waals surface area contributed by atoms with Gasteiger partial charge in [0.05, 0.1) is 16.5 Å². The van der Waals surface area contributed by atoms with Gasteiger partial charge in [0.25, 0.3) is 0 Å². The minimum absolute atomic E-state index is 0.0294. The van der Waals surface area contributed by atoms with Crippen molar-refractivity contribution >= 4 is 22.1 Å². The molecule has 4 heteroatoms. The first-order chi connectivity index (χ1) is 9.78. The van der Waals surface area contributed by atoms with Crippen LogP contribution in [0.1, 0.15) is 15.4 Å². The van der Waals surface area contributed by atoms with E-state index in [9.17, 15) is 5.11 Å². The van der Waals surface area contributed by atoms with Crippen molar-refractivity contribution in [1.82, 2.24) is 4.98 Å². The van der Waals surface area contributed by atoms with E-state index in [1.54, 1.807) is 11.3 Å². The van der Waals surface area contributed by atoms with Crippen LogP contribution in [0.4, 0.5) is 0 Å². The fourth-order valence-corrected chi connectivity index (χ4v) is 2.94. The lowest BCUT2D eigenvalue weighted by Gasteiger charge is -2.12. The Labute approximate surface area is 121 Å². The molecule has 1 aromatic heterocycles. The SMILES string of the molecule is Cc1ncc(COc2ccc3ccccc3c2CO)s1. The van der Waals surface area contributed by atoms with Gasteiger partial charge < -0.3 is 9.84 Å². The molecule has 0 saturated carbocycles. The lowest BCUT2D eigenvalue weighted by molar-refractivity contribution is 0.262. The van der Waals surface area contributed by atoms with E-state index in [0.717, 1.165) is 32.0 Å². The van der Waals surface area contributed by atoms with E-state index < -0.39 is 0 Å². The molecule has 0 aliphatic heterocycles. The maximum Gasteiger partial charge on any atom is 0.126 e. The van der Waals surface area contributed by atoms with E-state index in [1.165, 1.54) is 0 Å². The molecule has 20 heavy (non-hydrogen) atoms. The standard InChI is InChI=1S/C16H15NO2S/c1-11-17-8-13(20-11)10-19-16-7-6-12-4-2-3-5-14(12)15(16)9-18/h2-8,18H,9-10H2,1H3. The maximum atomic E-state index is 9.63. The predicted molar refractivity (Wildman–Crippen MR) is 81.1 cm³/mol. The molecule has 0 radical (unpaired) electrons. The van der Waals surface area contributed by atoms with Gasteiger partial charge in [-0.05, 0) is 23.8 Å². The summed E-state index contributed by atoms with van der Waals surface area (Å²) in [6, 6.07) is 11.9. The topological polar surface area (TPSA) is 42.4 Å². The summed E-state index contributed by atoms with van der Waals surface area (Å²) in [5.74, 6) is 0.734. The molecule has 1 N–H and O–H groups in total. The highest BCUT2D eigenvalue weighted by Gasteiger charge is 2.08. The quantitative estimate of drug-likeness (QED) is 0.795. The van der Waals surface area contributed by atoms with Crippen LogP contribution in [0.3, 0.4) is 0 Å². The van der Waals surface area contributed by atoms with E-state index in [-0.39, 0.29) is 6.61 Å². The summed E-state index contributed by atoms with van der Waals surface area (Å²) in [6.07, 6.45) is 1.83. The molecule has 3 nitrogen and oxygen atoms in total. The number of aliphatic hydroxyl groups excluding tert-OH is 1. The molecular formula is C16H15NO2S. The molecule has 0 spiro atoms. The van der Waals surface area contributed by atoms with Crippen molar-refractivity contribution in [2.24, 2.45) is 0 Å². The Kier molecular flexibility index (Phi) is 3.67. The normalized spacial score (nSPS) is 10.9. The van der Waals surface area contributed by atoms with Crippen molar-refractivity contribution < 1.29 is 9.84 Å². The van der Waals surface area contributed by atoms with Gasteiger partial charge in [-0.25, -0.2) is 4.98 Å². The van der Waals surface area contributed by atoms with Crippen LogP contribution in [-0.4, -0.2) is 10.1 Å². The van der Waals surface area contributed by atoms with E-state index in [4.69, 9.17) is 4.74 Å². The molecule has 3 rings (SSSR count). The van der Waals surface area contributed by atoms with Gasteiger partial charge in [0.15, 0.2) is 0 Å². The summed E-state index contributed by atoms with van der Waals surface area (Å²) in [5.41, 5.74) is 0.837. The summed E-state index contributed by atoms with van der Waals surface area (Å²) < 4.78 is 5.85. The Bertz CT molecular complexity index is 736. The number of hydrogen-bond donors (Lipinski definition) is 1. The van der Waals surface area contributed by atoms with E-state index in [0.29, 0.717) is 6.61 Å². The maximum absolute atomic E-state index is 9.63. The number of nitrogens with zero attached hydrogens (tertiary/aromatic N) is 1. The Morgan fingerprint density at radius 3 is 2.80 bits per heavy atom. The zero-order valence-electron chi connectivity index (χ0n) is 11.2. The highest BCUT2D eigenvalue weighted by Crippen LogP contribution is 2.29. The lowest BCUT2D eigenvalue weighted by atomic mass is 10.0. The molecule has 0 atom stereocenters. The Hall–Kier alpha value is -1.91. The zero-order chi connectivity index (χ0) is 13.9. The van der Waals surface area contributed by atoms with E-state index >= 15 is 0 Å². The van der Waals surface area contributed by atoms with Gasteiger partial charge in [-0.1, -0.05) is 30.3 Å². The number of aromatic nitrogens is 1. The lowest BCUT2D eigenvalue weighted by Crippen LogP contribution is -1.98. The number of thiazole rings is 1. The molecular weight excluding hydrogens is 270 g/mol. The summed E-state index contributed by atoms with van der Waals surface area (Å²) >= 11 is 1.63. The van der Waals surface area contributed by atoms with Gasteiger partial charge in [-0.3, -0.25) is 0 Å². The summed E-state index contributed by atoms with van der Waals surface area (Å²) in [5, 5.41) is 12.8. The minimum Gasteiger partial charge on any atom is -0.488 e. The predicted octanol–water partition coefficient (Wildman–Crippen LogP) is 3.68. The molecule has 0 aliphatic rings. The van der Waals surface area contributed by atoms with Gasteiger partial charge in [0.2, 0.25) is 0 Å². The molecule has 0 bridgehead atoms. The highest BCUT2D eigenvalue weighted by atomic mass is 32.1. The Morgan fingerprint density at radius 1 is 1.20 bits per heavy atom. The average Bonchev–Trinajstić information content (AvgIpc) is 2.90.